The van der Waals surface area contributed by atoms with Crippen molar-refractivity contribution < 1.29 is 0 Å². The summed E-state index contributed by atoms with van der Waals surface area (Å²) in [5, 5.41) is 15.8. The molecule has 1 saturated carbocycles. The smallest absolute Gasteiger partial charge is 0.139 e. The fraction of sp³-hybridized carbons (Fsp3) is 0.385. The van der Waals surface area contributed by atoms with Gasteiger partial charge in [-0.3, -0.25) is 4.68 Å². The maximum Gasteiger partial charge on any atom is 0.139 e. The Kier molecular flexibility index (Phi) is 2.69. The van der Waals surface area contributed by atoms with E-state index >= 15 is 0 Å². The van der Waals surface area contributed by atoms with Gasteiger partial charge in [0.1, 0.15) is 17.5 Å². The van der Waals surface area contributed by atoms with Gasteiger partial charge in [-0.25, -0.2) is 0 Å². The Morgan fingerprint density at radius 2 is 2.24 bits per heavy atom. The molecule has 0 N–H and O–H groups in total. The first-order valence-electron chi connectivity index (χ1n) is 5.92. The minimum Gasteiger partial charge on any atom is -0.251 e. The van der Waals surface area contributed by atoms with Crippen LogP contribution in [0.25, 0.3) is 10.6 Å². The first kappa shape index (κ1) is 10.5. The SMILES string of the molecule is N#Cc1cc(-c2cccs2)nn1C1CCCC1. The minimum absolute atomic E-state index is 0.429. The molecule has 3 rings (SSSR count). The number of rotatable bonds is 2. The Balaban J connectivity index is 2.01. The van der Waals surface area contributed by atoms with Crippen molar-refractivity contribution >= 4 is 11.3 Å². The summed E-state index contributed by atoms with van der Waals surface area (Å²) in [6.45, 7) is 0. The molecule has 1 fully saturated rings. The van der Waals surface area contributed by atoms with E-state index in [0.717, 1.165) is 23.4 Å². The van der Waals surface area contributed by atoms with Crippen LogP contribution < -0.4 is 0 Å². The van der Waals surface area contributed by atoms with Crippen LogP contribution >= 0.6 is 11.3 Å². The van der Waals surface area contributed by atoms with Crippen molar-refractivity contribution in [2.24, 2.45) is 0 Å². The molecular weight excluding hydrogens is 230 g/mol. The Bertz CT molecular complexity index is 542. The summed E-state index contributed by atoms with van der Waals surface area (Å²) in [6, 6.07) is 8.66. The van der Waals surface area contributed by atoms with Crippen LogP contribution in [0.5, 0.6) is 0 Å². The fourth-order valence-electron chi connectivity index (χ4n) is 2.45. The molecule has 2 heterocycles. The van der Waals surface area contributed by atoms with Gasteiger partial charge >= 0.3 is 0 Å². The van der Waals surface area contributed by atoms with E-state index in [1.54, 1.807) is 11.3 Å². The second-order valence-electron chi connectivity index (χ2n) is 4.39. The predicted octanol–water partition coefficient (Wildman–Crippen LogP) is 3.60. The zero-order valence-electron chi connectivity index (χ0n) is 9.47. The second-order valence-corrected chi connectivity index (χ2v) is 5.33. The lowest BCUT2D eigenvalue weighted by Gasteiger charge is -2.10. The van der Waals surface area contributed by atoms with E-state index in [9.17, 15) is 5.26 Å². The van der Waals surface area contributed by atoms with Crippen molar-refractivity contribution in [3.8, 4) is 16.6 Å². The van der Waals surface area contributed by atoms with Gasteiger partial charge in [0.25, 0.3) is 0 Å². The molecule has 86 valence electrons. The van der Waals surface area contributed by atoms with Crippen molar-refractivity contribution in [1.29, 1.82) is 5.26 Å². The Hall–Kier alpha value is -1.60. The van der Waals surface area contributed by atoms with Crippen molar-refractivity contribution in [3.63, 3.8) is 0 Å². The van der Waals surface area contributed by atoms with E-state index in [2.05, 4.69) is 11.2 Å². The van der Waals surface area contributed by atoms with Crippen molar-refractivity contribution in [1.82, 2.24) is 9.78 Å². The van der Waals surface area contributed by atoms with Gasteiger partial charge in [0, 0.05) is 6.07 Å². The van der Waals surface area contributed by atoms with Crippen molar-refractivity contribution in [2.45, 2.75) is 31.7 Å². The summed E-state index contributed by atoms with van der Waals surface area (Å²) in [5.74, 6) is 0. The predicted molar refractivity (Wildman–Crippen MR) is 67.8 cm³/mol. The molecule has 1 aliphatic carbocycles. The molecule has 0 spiro atoms. The zero-order valence-corrected chi connectivity index (χ0v) is 10.3. The van der Waals surface area contributed by atoms with Crippen LogP contribution in [0.15, 0.2) is 23.6 Å². The lowest BCUT2D eigenvalue weighted by atomic mass is 10.2. The van der Waals surface area contributed by atoms with Crippen molar-refractivity contribution in [2.75, 3.05) is 0 Å². The number of hydrogen-bond donors (Lipinski definition) is 0. The summed E-state index contributed by atoms with van der Waals surface area (Å²) in [4.78, 5) is 1.14. The monoisotopic (exact) mass is 243 g/mol. The first-order chi connectivity index (χ1) is 8.38. The van der Waals surface area contributed by atoms with E-state index in [4.69, 9.17) is 0 Å². The fourth-order valence-corrected chi connectivity index (χ4v) is 3.13. The molecule has 1 aliphatic rings. The molecule has 0 unspecified atom stereocenters. The molecule has 0 amide bonds. The summed E-state index contributed by atoms with van der Waals surface area (Å²) in [6.07, 6.45) is 4.81. The Morgan fingerprint density at radius 1 is 1.41 bits per heavy atom. The van der Waals surface area contributed by atoms with Crippen LogP contribution in [0.2, 0.25) is 0 Å². The van der Waals surface area contributed by atoms with Gasteiger partial charge in [0.05, 0.1) is 10.9 Å². The summed E-state index contributed by atoms with van der Waals surface area (Å²) in [5.41, 5.74) is 1.63. The third-order valence-corrected chi connectivity index (χ3v) is 4.19. The molecule has 0 atom stereocenters. The highest BCUT2D eigenvalue weighted by Crippen LogP contribution is 2.32. The molecule has 17 heavy (non-hydrogen) atoms. The van der Waals surface area contributed by atoms with Gasteiger partial charge in [-0.1, -0.05) is 18.9 Å². The van der Waals surface area contributed by atoms with Crippen molar-refractivity contribution in [3.05, 3.63) is 29.3 Å². The van der Waals surface area contributed by atoms with E-state index in [1.807, 2.05) is 28.3 Å². The third kappa shape index (κ3) is 1.87. The van der Waals surface area contributed by atoms with Gasteiger partial charge in [-0.05, 0) is 24.3 Å². The molecule has 3 nitrogen and oxygen atoms in total. The normalized spacial score (nSPS) is 16.2. The average Bonchev–Trinajstić information content (AvgIpc) is 3.09. The van der Waals surface area contributed by atoms with Crippen LogP contribution in [-0.4, -0.2) is 9.78 Å². The highest BCUT2D eigenvalue weighted by Gasteiger charge is 2.21. The molecule has 2 aromatic heterocycles. The standard InChI is InChI=1S/C13H13N3S/c14-9-11-8-12(13-6-3-7-17-13)15-16(11)10-4-1-2-5-10/h3,6-8,10H,1-2,4-5H2. The van der Waals surface area contributed by atoms with Crippen LogP contribution in [-0.2, 0) is 0 Å². The molecule has 0 aliphatic heterocycles. The number of hydrogen-bond acceptors (Lipinski definition) is 3. The number of nitrogens with zero attached hydrogens (tertiary/aromatic N) is 3. The highest BCUT2D eigenvalue weighted by atomic mass is 32.1. The zero-order chi connectivity index (χ0) is 11.7. The van der Waals surface area contributed by atoms with E-state index in [1.165, 1.54) is 12.8 Å². The molecule has 0 radical (unpaired) electrons. The van der Waals surface area contributed by atoms with E-state index in [0.29, 0.717) is 11.7 Å². The molecule has 2 aromatic rings. The molecule has 0 aromatic carbocycles. The summed E-state index contributed by atoms with van der Waals surface area (Å²) < 4.78 is 1.93. The number of nitriles is 1. The average molecular weight is 243 g/mol. The topological polar surface area (TPSA) is 41.6 Å². The highest BCUT2D eigenvalue weighted by molar-refractivity contribution is 7.13. The Labute approximate surface area is 104 Å². The van der Waals surface area contributed by atoms with Gasteiger partial charge in [0.15, 0.2) is 0 Å². The first-order valence-corrected chi connectivity index (χ1v) is 6.80. The summed E-state index contributed by atoms with van der Waals surface area (Å²) >= 11 is 1.67. The van der Waals surface area contributed by atoms with Crippen LogP contribution in [0.3, 0.4) is 0 Å². The van der Waals surface area contributed by atoms with Gasteiger partial charge in [0.2, 0.25) is 0 Å². The third-order valence-electron chi connectivity index (χ3n) is 3.29. The molecule has 0 saturated heterocycles. The van der Waals surface area contributed by atoms with Crippen LogP contribution in [0.1, 0.15) is 37.4 Å². The molecule has 0 bridgehead atoms. The van der Waals surface area contributed by atoms with Crippen LogP contribution in [0.4, 0.5) is 0 Å². The van der Waals surface area contributed by atoms with Gasteiger partial charge in [-0.15, -0.1) is 11.3 Å². The molecule has 4 heteroatoms. The lowest BCUT2D eigenvalue weighted by molar-refractivity contribution is 0.464. The van der Waals surface area contributed by atoms with Gasteiger partial charge < -0.3 is 0 Å². The van der Waals surface area contributed by atoms with Crippen LogP contribution in [0, 0.1) is 11.3 Å². The second kappa shape index (κ2) is 4.34. The number of aromatic nitrogens is 2. The van der Waals surface area contributed by atoms with E-state index in [-0.39, 0.29) is 0 Å². The van der Waals surface area contributed by atoms with Gasteiger partial charge in [-0.2, -0.15) is 10.4 Å². The maximum absolute atomic E-state index is 9.18. The molecular formula is C13H13N3S. The van der Waals surface area contributed by atoms with E-state index < -0.39 is 0 Å². The number of thiophene rings is 1. The lowest BCUT2D eigenvalue weighted by Crippen LogP contribution is -2.08. The summed E-state index contributed by atoms with van der Waals surface area (Å²) in [7, 11) is 0. The Morgan fingerprint density at radius 3 is 2.88 bits per heavy atom. The largest absolute Gasteiger partial charge is 0.251 e. The maximum atomic E-state index is 9.18. The minimum atomic E-state index is 0.429. The quantitative estimate of drug-likeness (QED) is 0.808.